The fourth-order valence-electron chi connectivity index (χ4n) is 2.72. The van der Waals surface area contributed by atoms with Gasteiger partial charge in [0.15, 0.2) is 0 Å². The maximum absolute atomic E-state index is 12.2. The summed E-state index contributed by atoms with van der Waals surface area (Å²) < 4.78 is 6.83. The molecule has 0 amide bonds. The topological polar surface area (TPSA) is 66.4 Å². The molecule has 4 rings (SSSR count). The molecule has 3 heterocycles. The second-order valence-corrected chi connectivity index (χ2v) is 5.82. The van der Waals surface area contributed by atoms with E-state index in [0.717, 1.165) is 10.4 Å². The van der Waals surface area contributed by atoms with Crippen LogP contribution in [0.5, 0.6) is 5.75 Å². The average Bonchev–Trinajstić information content (AvgIpc) is 2.98. The number of halogens is 1. The molecule has 4 aromatic rings. The molecule has 0 aliphatic heterocycles. The third kappa shape index (κ3) is 2.66. The number of aromatic nitrogens is 4. The summed E-state index contributed by atoms with van der Waals surface area (Å²) in [6.07, 6.45) is 4.82. The van der Waals surface area contributed by atoms with Crippen LogP contribution in [0.2, 0.25) is 5.02 Å². The summed E-state index contributed by atoms with van der Waals surface area (Å²) in [4.78, 5) is 9.70. The molecule has 6 nitrogen and oxygen atoms in total. The maximum Gasteiger partial charge on any atom is 0.221 e. The number of hydrogen-bond acceptors (Lipinski definition) is 4. The van der Waals surface area contributed by atoms with E-state index in [2.05, 4.69) is 9.97 Å². The van der Waals surface area contributed by atoms with Crippen LogP contribution in [0.15, 0.2) is 61.1 Å². The zero-order valence-corrected chi connectivity index (χ0v) is 14.0. The predicted octanol–water partition coefficient (Wildman–Crippen LogP) is 3.36. The van der Waals surface area contributed by atoms with Gasteiger partial charge in [-0.25, -0.2) is 4.98 Å². The molecular weight excluding hydrogens is 340 g/mol. The van der Waals surface area contributed by atoms with E-state index in [1.807, 2.05) is 24.3 Å². The molecule has 1 aromatic carbocycles. The number of ether oxygens (including phenoxy) is 1. The van der Waals surface area contributed by atoms with Gasteiger partial charge in [-0.15, -0.1) is 0 Å². The van der Waals surface area contributed by atoms with Crippen LogP contribution >= 0.6 is 11.6 Å². The third-order valence-electron chi connectivity index (χ3n) is 3.89. The maximum atomic E-state index is 12.2. The van der Waals surface area contributed by atoms with Crippen molar-refractivity contribution in [3.63, 3.8) is 0 Å². The van der Waals surface area contributed by atoms with Crippen LogP contribution in [0, 0.1) is 5.21 Å². The van der Waals surface area contributed by atoms with Crippen molar-refractivity contribution in [2.45, 2.75) is 0 Å². The molecule has 3 aromatic heterocycles. The van der Waals surface area contributed by atoms with E-state index in [0.29, 0.717) is 33.4 Å². The van der Waals surface area contributed by atoms with Gasteiger partial charge in [0, 0.05) is 16.8 Å². The fraction of sp³-hybridized carbons (Fsp3) is 0.0556. The van der Waals surface area contributed by atoms with Crippen molar-refractivity contribution in [2.75, 3.05) is 7.11 Å². The molecule has 0 spiro atoms. The Morgan fingerprint density at radius 1 is 1.12 bits per heavy atom. The molecule has 0 N–H and O–H groups in total. The standard InChI is InChI=1S/C18H13ClN4O2/c1-25-17-10-12(19)5-6-13(17)16-7-9-22-18(21-16)14(11-23(22)24)15-4-2-3-8-20-15/h2-11H,1H3. The molecule has 7 heteroatoms. The summed E-state index contributed by atoms with van der Waals surface area (Å²) in [5.74, 6) is 0.616. The highest BCUT2D eigenvalue weighted by atomic mass is 35.5. The fourth-order valence-corrected chi connectivity index (χ4v) is 2.88. The third-order valence-corrected chi connectivity index (χ3v) is 4.13. The van der Waals surface area contributed by atoms with E-state index < -0.39 is 0 Å². The van der Waals surface area contributed by atoms with Crippen LogP contribution in [0.25, 0.3) is 28.2 Å². The zero-order chi connectivity index (χ0) is 17.4. The number of benzene rings is 1. The molecular formula is C18H13ClN4O2. The molecule has 0 aliphatic carbocycles. The van der Waals surface area contributed by atoms with Crippen LogP contribution in [-0.4, -0.2) is 21.6 Å². The number of pyridine rings is 1. The molecule has 0 aliphatic rings. The van der Waals surface area contributed by atoms with Gasteiger partial charge in [0.05, 0.1) is 24.7 Å². The molecule has 0 saturated carbocycles. The van der Waals surface area contributed by atoms with Gasteiger partial charge >= 0.3 is 0 Å². The van der Waals surface area contributed by atoms with Crippen molar-refractivity contribution < 1.29 is 9.58 Å². The van der Waals surface area contributed by atoms with E-state index in [9.17, 15) is 5.21 Å². The van der Waals surface area contributed by atoms with Crippen molar-refractivity contribution in [1.29, 1.82) is 0 Å². The Morgan fingerprint density at radius 3 is 2.76 bits per heavy atom. The first-order valence-corrected chi connectivity index (χ1v) is 7.92. The number of hydrogen-bond donors (Lipinski definition) is 0. The Bertz CT molecular complexity index is 1060. The van der Waals surface area contributed by atoms with Crippen molar-refractivity contribution >= 4 is 17.2 Å². The Kier molecular flexibility index (Phi) is 3.74. The predicted molar refractivity (Wildman–Crippen MR) is 94.4 cm³/mol. The quantitative estimate of drug-likeness (QED) is 0.419. The number of methoxy groups -OCH3 is 1. The van der Waals surface area contributed by atoms with Crippen molar-refractivity contribution in [3.8, 4) is 28.3 Å². The number of rotatable bonds is 3. The lowest BCUT2D eigenvalue weighted by atomic mass is 10.1. The normalized spacial score (nSPS) is 11.0. The highest BCUT2D eigenvalue weighted by molar-refractivity contribution is 6.30. The summed E-state index contributed by atoms with van der Waals surface area (Å²) >= 11 is 6.03. The van der Waals surface area contributed by atoms with Gasteiger partial charge in [0.2, 0.25) is 11.8 Å². The van der Waals surface area contributed by atoms with Gasteiger partial charge in [-0.05, 0) is 36.4 Å². The first-order chi connectivity index (χ1) is 12.2. The highest BCUT2D eigenvalue weighted by Gasteiger charge is 2.18. The minimum atomic E-state index is 0.517. The van der Waals surface area contributed by atoms with Gasteiger partial charge in [0.25, 0.3) is 0 Å². The second-order valence-electron chi connectivity index (χ2n) is 5.39. The van der Waals surface area contributed by atoms with Crippen LogP contribution in [-0.2, 0) is 0 Å². The van der Waals surface area contributed by atoms with E-state index in [1.54, 1.807) is 37.7 Å². The van der Waals surface area contributed by atoms with Gasteiger partial charge in [-0.2, -0.15) is 0 Å². The lowest BCUT2D eigenvalue weighted by molar-refractivity contribution is -0.676. The monoisotopic (exact) mass is 352 g/mol. The summed E-state index contributed by atoms with van der Waals surface area (Å²) in [5.41, 5.74) is 3.33. The minimum Gasteiger partial charge on any atom is -0.596 e. The van der Waals surface area contributed by atoms with Crippen molar-refractivity contribution in [2.24, 2.45) is 0 Å². The lowest BCUT2D eigenvalue weighted by Crippen LogP contribution is -2.31. The van der Waals surface area contributed by atoms with Gasteiger partial charge < -0.3 is 9.94 Å². The van der Waals surface area contributed by atoms with E-state index in [1.165, 1.54) is 10.7 Å². The van der Waals surface area contributed by atoms with Crippen molar-refractivity contribution in [3.05, 3.63) is 71.3 Å². The van der Waals surface area contributed by atoms with Crippen LogP contribution in [0.1, 0.15) is 0 Å². The van der Waals surface area contributed by atoms with Gasteiger partial charge in [-0.1, -0.05) is 27.0 Å². The Hall–Kier alpha value is -3.12. The number of nitrogens with zero attached hydrogens (tertiary/aromatic N) is 4. The Balaban J connectivity index is 1.94. The smallest absolute Gasteiger partial charge is 0.221 e. The SMILES string of the molecule is COc1cc(Cl)ccc1-c1ccn2c(n1)c(-c1ccccn1)c[n+]2[O-]. The molecule has 0 unspecified atom stereocenters. The molecule has 0 fully saturated rings. The Labute approximate surface area is 148 Å². The van der Waals surface area contributed by atoms with Crippen LogP contribution < -0.4 is 9.58 Å². The minimum absolute atomic E-state index is 0.517. The van der Waals surface area contributed by atoms with E-state index in [-0.39, 0.29) is 0 Å². The zero-order valence-electron chi connectivity index (χ0n) is 13.3. The average molecular weight is 353 g/mol. The van der Waals surface area contributed by atoms with Crippen LogP contribution in [0.3, 0.4) is 0 Å². The van der Waals surface area contributed by atoms with Crippen LogP contribution in [0.4, 0.5) is 0 Å². The molecule has 25 heavy (non-hydrogen) atoms. The number of fused-ring (bicyclic) bond motifs is 1. The Morgan fingerprint density at radius 2 is 2.00 bits per heavy atom. The van der Waals surface area contributed by atoms with Gasteiger partial charge in [0.1, 0.15) is 11.3 Å². The van der Waals surface area contributed by atoms with E-state index in [4.69, 9.17) is 16.3 Å². The first kappa shape index (κ1) is 15.4. The summed E-state index contributed by atoms with van der Waals surface area (Å²) in [6, 6.07) is 12.6. The van der Waals surface area contributed by atoms with Gasteiger partial charge in [-0.3, -0.25) is 4.98 Å². The second kappa shape index (κ2) is 6.07. The summed E-state index contributed by atoms with van der Waals surface area (Å²) in [7, 11) is 1.58. The van der Waals surface area contributed by atoms with Crippen molar-refractivity contribution in [1.82, 2.24) is 14.5 Å². The molecule has 124 valence electrons. The summed E-state index contributed by atoms with van der Waals surface area (Å²) in [5, 5.41) is 12.7. The van der Waals surface area contributed by atoms with E-state index >= 15 is 0 Å². The molecule has 0 bridgehead atoms. The molecule has 0 atom stereocenters. The highest BCUT2D eigenvalue weighted by Crippen LogP contribution is 2.32. The first-order valence-electron chi connectivity index (χ1n) is 7.54. The molecule has 0 radical (unpaired) electrons. The molecule has 0 saturated heterocycles. The lowest BCUT2D eigenvalue weighted by Gasteiger charge is -2.08. The summed E-state index contributed by atoms with van der Waals surface area (Å²) in [6.45, 7) is 0. The largest absolute Gasteiger partial charge is 0.596 e.